The van der Waals surface area contributed by atoms with Gasteiger partial charge in [-0.3, -0.25) is 30.0 Å². The Morgan fingerprint density at radius 2 is 0.750 bits per heavy atom. The Balaban J connectivity index is 0.000000116. The van der Waals surface area contributed by atoms with Gasteiger partial charge in [0.25, 0.3) is 0 Å². The number of anilines is 3. The Bertz CT molecular complexity index is 5930. The third kappa shape index (κ3) is 14.5. The van der Waals surface area contributed by atoms with Crippen LogP contribution in [0.1, 0.15) is 63.6 Å². The summed E-state index contributed by atoms with van der Waals surface area (Å²) < 4.78 is 44.0. The van der Waals surface area contributed by atoms with Crippen molar-refractivity contribution in [2.24, 2.45) is 0 Å². The molecule has 4 N–H and O–H groups in total. The van der Waals surface area contributed by atoms with Gasteiger partial charge in [-0.15, -0.1) is 15.3 Å². The Kier molecular flexibility index (Phi) is 19.6. The lowest BCUT2D eigenvalue weighted by Crippen LogP contribution is -2.68. The van der Waals surface area contributed by atoms with Crippen LogP contribution < -0.4 is 43.1 Å². The fourth-order valence-electron chi connectivity index (χ4n) is 17.2. The highest BCUT2D eigenvalue weighted by atomic mass is 16.7. The number of pyridine rings is 9. The van der Waals surface area contributed by atoms with Gasteiger partial charge in [0.2, 0.25) is 17.6 Å². The molecule has 6 bridgehead atoms. The molecule has 9 saturated heterocycles. The number of piperidine rings is 3. The first-order valence-corrected chi connectivity index (χ1v) is 39.4. The van der Waals surface area contributed by atoms with E-state index < -0.39 is 5.60 Å². The van der Waals surface area contributed by atoms with E-state index in [1.54, 1.807) is 52.1 Å². The van der Waals surface area contributed by atoms with Gasteiger partial charge in [0.05, 0.1) is 103 Å². The van der Waals surface area contributed by atoms with Crippen LogP contribution in [0.3, 0.4) is 0 Å². The predicted molar refractivity (Wildman–Crippen MR) is 437 cm³/mol. The normalized spacial score (nSPS) is 19.2. The number of hydrogen-bond donors (Lipinski definition) is 4. The molecule has 0 aromatic carbocycles. The number of methoxy groups -OCH3 is 3. The number of ether oxygens (including phenoxy) is 7. The first kappa shape index (κ1) is 73.5. The summed E-state index contributed by atoms with van der Waals surface area (Å²) in [5.41, 5.74) is 13.7. The number of H-pyrrole nitrogens is 3. The van der Waals surface area contributed by atoms with E-state index in [4.69, 9.17) is 48.1 Å². The quantitative estimate of drug-likeness (QED) is 0.0323. The van der Waals surface area contributed by atoms with Crippen molar-refractivity contribution in [1.29, 1.82) is 0 Å². The summed E-state index contributed by atoms with van der Waals surface area (Å²) in [4.78, 5) is 42.7. The van der Waals surface area contributed by atoms with Crippen LogP contribution in [0.2, 0.25) is 0 Å². The van der Waals surface area contributed by atoms with Gasteiger partial charge in [0.15, 0.2) is 23.7 Å². The van der Waals surface area contributed by atoms with Crippen molar-refractivity contribution in [2.45, 2.75) is 108 Å². The Hall–Kier alpha value is -12.6. The number of nitrogens with zero attached hydrogens (tertiary/aromatic N) is 21. The number of fused-ring (bicyclic) bond motifs is 15. The molecule has 0 radical (unpaired) electrons. The highest BCUT2D eigenvalue weighted by Gasteiger charge is 2.47. The van der Waals surface area contributed by atoms with E-state index in [0.29, 0.717) is 84.3 Å². The number of aromatic nitrogens is 18. The van der Waals surface area contributed by atoms with Crippen LogP contribution in [0.4, 0.5) is 17.5 Å². The number of aromatic amines is 3. The molecule has 9 fully saturated rings. The molecule has 594 valence electrons. The van der Waals surface area contributed by atoms with Gasteiger partial charge < -0.3 is 53.0 Å². The summed E-state index contributed by atoms with van der Waals surface area (Å²) in [6.07, 6.45) is 26.2. The molecule has 32 heteroatoms. The topological polar surface area (TPSA) is 320 Å². The number of nitrogens with one attached hydrogen (secondary N) is 3. The molecule has 0 saturated carbocycles. The van der Waals surface area contributed by atoms with E-state index in [2.05, 4.69) is 151 Å². The van der Waals surface area contributed by atoms with E-state index >= 15 is 0 Å². The van der Waals surface area contributed by atoms with Crippen LogP contribution in [0.25, 0.3) is 83.0 Å². The third-order valence-electron chi connectivity index (χ3n) is 23.0. The van der Waals surface area contributed by atoms with Crippen LogP contribution in [0.15, 0.2) is 165 Å². The Morgan fingerprint density at radius 1 is 0.405 bits per heavy atom. The average molecular weight is 1560 g/mol. The second-order valence-electron chi connectivity index (χ2n) is 31.0. The molecule has 0 aliphatic carbocycles. The predicted octanol–water partition coefficient (Wildman–Crippen LogP) is 10.3. The summed E-state index contributed by atoms with van der Waals surface area (Å²) in [6.45, 7) is 17.4. The summed E-state index contributed by atoms with van der Waals surface area (Å²) in [6, 6.07) is 34.0. The molecule has 9 aliphatic rings. The molecule has 24 rings (SSSR count). The first-order valence-electron chi connectivity index (χ1n) is 39.4. The standard InChI is InChI=1S/C29H32N8O3.C28H30N8O3.C27H28N8O2/c1-29(2,38)17-40-22-9-23(27-24-12-32-33-28(24)34-37(27)16-22)19-5-6-25(30-11-19)35-14-20-8-21(15-35)36(20)13-18-4-7-26(39-3)31-10-18;1-3-38-17-39-22-9-23(27-24-12-31-32-28(24)33-36(27)16-22)19-5-6-25(29-11-19)34-14-20-8-21(15-34)35(20)13-18-4-7-26(37-2)30-10-18;1-3-37-21-9-22(26-23-12-30-31-27(23)32-35(26)16-21)18-5-6-24(28-11-18)33-14-19-8-20(15-33)34(19)13-17-4-7-25(36-2)29-10-17/h4-7,9-12,16,20-21,38H,8,13-15,17H2,1-3H3,(H,33,34);4-7,9-12,16,20-21H,3,8,13-15,17H2,1-2H3,(H,32,33);4-7,9-12,16,19-20H,3,8,13-15H2,1-2H3,(H,31,32). The van der Waals surface area contributed by atoms with E-state index in [0.717, 1.165) is 159 Å². The average Bonchev–Trinajstić information content (AvgIpc) is 1.27. The van der Waals surface area contributed by atoms with E-state index in [9.17, 15) is 5.11 Å². The molecule has 15 aromatic rings. The second-order valence-corrected chi connectivity index (χ2v) is 31.0. The van der Waals surface area contributed by atoms with E-state index in [-0.39, 0.29) is 13.4 Å². The summed E-state index contributed by atoms with van der Waals surface area (Å²) in [5.74, 6) is 7.02. The Labute approximate surface area is 666 Å². The third-order valence-corrected chi connectivity index (χ3v) is 23.0. The number of hydrogen-bond acceptors (Lipinski definition) is 26. The number of rotatable bonds is 24. The van der Waals surface area contributed by atoms with Crippen molar-refractivity contribution in [1.82, 2.24) is 104 Å². The van der Waals surface area contributed by atoms with Gasteiger partial charge in [-0.05, 0) is 118 Å². The zero-order valence-electron chi connectivity index (χ0n) is 65.6. The molecule has 0 amide bonds. The van der Waals surface area contributed by atoms with Crippen LogP contribution in [0.5, 0.6) is 34.9 Å². The maximum atomic E-state index is 10.2. The van der Waals surface area contributed by atoms with Crippen molar-refractivity contribution < 1.29 is 38.3 Å². The smallest absolute Gasteiger partial charge is 0.212 e. The van der Waals surface area contributed by atoms with Crippen molar-refractivity contribution >= 4 is 67.1 Å². The molecule has 6 unspecified atom stereocenters. The summed E-state index contributed by atoms with van der Waals surface area (Å²) in [5, 5.41) is 48.3. The lowest BCUT2D eigenvalue weighted by atomic mass is 9.87. The zero-order chi connectivity index (χ0) is 78.7. The second kappa shape index (κ2) is 31.0. The van der Waals surface area contributed by atoms with E-state index in [1.165, 1.54) is 36.0 Å². The van der Waals surface area contributed by atoms with Gasteiger partial charge in [-0.1, -0.05) is 18.2 Å². The minimum absolute atomic E-state index is 0.166. The zero-order valence-corrected chi connectivity index (χ0v) is 65.6. The van der Waals surface area contributed by atoms with Crippen LogP contribution in [-0.4, -0.2) is 238 Å². The molecular weight excluding hydrogens is 1470 g/mol. The van der Waals surface area contributed by atoms with Crippen LogP contribution >= 0.6 is 0 Å². The monoisotopic (exact) mass is 1560 g/mol. The van der Waals surface area contributed by atoms with E-state index in [1.807, 2.05) is 115 Å². The van der Waals surface area contributed by atoms with Crippen molar-refractivity contribution in [3.8, 4) is 68.3 Å². The fourth-order valence-corrected chi connectivity index (χ4v) is 17.2. The molecule has 15 aromatic heterocycles. The van der Waals surface area contributed by atoms with Crippen molar-refractivity contribution in [3.63, 3.8) is 0 Å². The lowest BCUT2D eigenvalue weighted by Gasteiger charge is -2.56. The molecule has 24 heterocycles. The van der Waals surface area contributed by atoms with Gasteiger partial charge in [-0.2, -0.15) is 15.3 Å². The number of piperazine rings is 3. The Morgan fingerprint density at radius 3 is 1.04 bits per heavy atom. The van der Waals surface area contributed by atoms with Gasteiger partial charge in [0, 0.05) is 191 Å². The molecule has 116 heavy (non-hydrogen) atoms. The maximum absolute atomic E-state index is 10.2. The minimum Gasteiger partial charge on any atom is -0.492 e. The van der Waals surface area contributed by atoms with Crippen LogP contribution in [0, 0.1) is 0 Å². The first-order chi connectivity index (χ1) is 56.7. The number of aliphatic hydroxyl groups is 1. The highest BCUT2D eigenvalue weighted by Crippen LogP contribution is 2.42. The molecule has 9 aliphatic heterocycles. The summed E-state index contributed by atoms with van der Waals surface area (Å²) in [7, 11) is 4.92. The van der Waals surface area contributed by atoms with Gasteiger partial charge in [0.1, 0.15) is 41.3 Å². The molecule has 32 nitrogen and oxygen atoms in total. The van der Waals surface area contributed by atoms with Gasteiger partial charge >= 0.3 is 0 Å². The molecular formula is C84H90N24O8. The molecule has 6 atom stereocenters. The SMILES string of the molecule is CCOCOc1cc(-c2ccc(N3CC4CC(C3)N4Cc3ccc(OC)nc3)nc2)c2c3cn[nH]c3nn2c1.CCOc1cc(-c2ccc(N3CC4CC(C3)N4Cc3ccc(OC)nc3)nc2)c2c3cn[nH]c3nn2c1.COc1ccc(CN2C3CC2CN(c2ccc(-c4cc(OCC(C)(C)O)cn5nc6[nH]ncc6c45)cn2)C3)cn1. The largest absolute Gasteiger partial charge is 0.492 e. The summed E-state index contributed by atoms with van der Waals surface area (Å²) >= 11 is 0. The van der Waals surface area contributed by atoms with Crippen molar-refractivity contribution in [2.75, 3.05) is 102 Å². The minimum atomic E-state index is -0.950. The fraction of sp³-hybridized carbons (Fsp3) is 0.357. The van der Waals surface area contributed by atoms with Gasteiger partial charge in [-0.25, -0.2) is 43.5 Å². The highest BCUT2D eigenvalue weighted by molar-refractivity contribution is 6.03. The lowest BCUT2D eigenvalue weighted by molar-refractivity contribution is -0.00879. The maximum Gasteiger partial charge on any atom is 0.212 e. The van der Waals surface area contributed by atoms with Crippen LogP contribution in [-0.2, 0) is 24.4 Å². The molecule has 0 spiro atoms. The van der Waals surface area contributed by atoms with Crippen molar-refractivity contribution in [3.05, 3.63) is 182 Å².